The molecule has 0 aliphatic rings. The van der Waals surface area contributed by atoms with Gasteiger partial charge in [0.1, 0.15) is 6.10 Å². The van der Waals surface area contributed by atoms with Crippen LogP contribution in [0.2, 0.25) is 0 Å². The summed E-state index contributed by atoms with van der Waals surface area (Å²) in [5.41, 5.74) is 2.39. The van der Waals surface area contributed by atoms with Crippen LogP contribution in [0.1, 0.15) is 29.5 Å². The Balaban J connectivity index is 2.75. The zero-order chi connectivity index (χ0) is 12.1. The van der Waals surface area contributed by atoms with Crippen LogP contribution in [0, 0.1) is 13.8 Å². The Labute approximate surface area is 96.3 Å². The summed E-state index contributed by atoms with van der Waals surface area (Å²) in [6.07, 6.45) is -1.09. The molecule has 0 aliphatic carbocycles. The summed E-state index contributed by atoms with van der Waals surface area (Å²) in [4.78, 5) is 4.27. The average molecular weight is 224 g/mol. The van der Waals surface area contributed by atoms with Gasteiger partial charge in [0.25, 0.3) is 0 Å². The highest BCUT2D eigenvalue weighted by Gasteiger charge is 2.19. The molecule has 4 nitrogen and oxygen atoms in total. The maximum atomic E-state index is 9.97. The van der Waals surface area contributed by atoms with Gasteiger partial charge in [0, 0.05) is 17.0 Å². The Morgan fingerprint density at radius 1 is 1.31 bits per heavy atom. The van der Waals surface area contributed by atoms with Gasteiger partial charge in [-0.3, -0.25) is 4.98 Å². The summed E-state index contributed by atoms with van der Waals surface area (Å²) in [5, 5.41) is 22.7. The molecule has 90 valence electrons. The van der Waals surface area contributed by atoms with E-state index < -0.39 is 12.2 Å². The molecule has 0 aliphatic heterocycles. The predicted molar refractivity (Wildman–Crippen MR) is 63.2 cm³/mol. The van der Waals surface area contributed by atoms with E-state index in [2.05, 4.69) is 10.3 Å². The van der Waals surface area contributed by atoms with Crippen LogP contribution in [0.15, 0.2) is 12.1 Å². The number of rotatable bonds is 5. The van der Waals surface area contributed by atoms with E-state index in [-0.39, 0.29) is 0 Å². The lowest BCUT2D eigenvalue weighted by Crippen LogP contribution is -2.24. The van der Waals surface area contributed by atoms with Crippen LogP contribution in [0.25, 0.3) is 0 Å². The number of nitrogens with one attached hydrogen (secondary N) is 1. The molecule has 0 radical (unpaired) electrons. The molecule has 0 saturated carbocycles. The zero-order valence-corrected chi connectivity index (χ0v) is 10.1. The maximum Gasteiger partial charge on any atom is 0.107 e. The third kappa shape index (κ3) is 3.27. The van der Waals surface area contributed by atoms with Crippen molar-refractivity contribution in [1.29, 1.82) is 0 Å². The number of hydrogen-bond acceptors (Lipinski definition) is 4. The van der Waals surface area contributed by atoms with Crippen molar-refractivity contribution >= 4 is 0 Å². The molecule has 0 fully saturated rings. The number of aryl methyl sites for hydroxylation is 2. The second kappa shape index (κ2) is 5.94. The molecule has 0 saturated heterocycles. The molecule has 1 aromatic rings. The summed E-state index contributed by atoms with van der Waals surface area (Å²) in [5.74, 6) is 0. The summed E-state index contributed by atoms with van der Waals surface area (Å²) < 4.78 is 0. The minimum Gasteiger partial charge on any atom is -0.390 e. The van der Waals surface area contributed by atoms with Crippen LogP contribution < -0.4 is 5.32 Å². The smallest absolute Gasteiger partial charge is 0.107 e. The van der Waals surface area contributed by atoms with Crippen molar-refractivity contribution in [2.45, 2.75) is 32.5 Å². The first-order valence-electron chi connectivity index (χ1n) is 5.51. The minimum absolute atomic E-state index is 0.519. The van der Waals surface area contributed by atoms with E-state index in [0.29, 0.717) is 18.5 Å². The van der Waals surface area contributed by atoms with Crippen LogP contribution in [0.4, 0.5) is 0 Å². The van der Waals surface area contributed by atoms with Crippen LogP contribution in [-0.4, -0.2) is 34.9 Å². The van der Waals surface area contributed by atoms with Gasteiger partial charge in [0.05, 0.1) is 6.10 Å². The van der Waals surface area contributed by atoms with E-state index in [0.717, 1.165) is 11.4 Å². The Bertz CT molecular complexity index is 342. The molecular weight excluding hydrogens is 204 g/mol. The fourth-order valence-corrected chi connectivity index (χ4v) is 1.67. The standard InChI is InChI=1S/C12H20N2O2/c1-8-4-5-10(9(2)14-8)12(16)11(15)6-7-13-3/h4-5,11-13,15-16H,6-7H2,1-3H3. The zero-order valence-electron chi connectivity index (χ0n) is 10.1. The van der Waals surface area contributed by atoms with Crippen molar-refractivity contribution < 1.29 is 10.2 Å². The van der Waals surface area contributed by atoms with Crippen LogP contribution in [0.5, 0.6) is 0 Å². The number of aliphatic hydroxyl groups is 2. The summed E-state index contributed by atoms with van der Waals surface area (Å²) in [6.45, 7) is 4.42. The Morgan fingerprint density at radius 2 is 2.00 bits per heavy atom. The topological polar surface area (TPSA) is 65.4 Å². The fourth-order valence-electron chi connectivity index (χ4n) is 1.67. The van der Waals surface area contributed by atoms with Crippen molar-refractivity contribution in [1.82, 2.24) is 10.3 Å². The first-order chi connectivity index (χ1) is 7.56. The van der Waals surface area contributed by atoms with Gasteiger partial charge >= 0.3 is 0 Å². The first-order valence-corrected chi connectivity index (χ1v) is 5.51. The van der Waals surface area contributed by atoms with Gasteiger partial charge in [-0.1, -0.05) is 6.07 Å². The monoisotopic (exact) mass is 224 g/mol. The number of aromatic nitrogens is 1. The summed E-state index contributed by atoms with van der Waals surface area (Å²) in [6, 6.07) is 3.67. The lowest BCUT2D eigenvalue weighted by atomic mass is 10.0. The Morgan fingerprint density at radius 3 is 2.56 bits per heavy atom. The molecule has 1 aromatic heterocycles. The van der Waals surface area contributed by atoms with Crippen LogP contribution in [-0.2, 0) is 0 Å². The van der Waals surface area contributed by atoms with Gasteiger partial charge in [-0.25, -0.2) is 0 Å². The van der Waals surface area contributed by atoms with E-state index in [9.17, 15) is 10.2 Å². The fraction of sp³-hybridized carbons (Fsp3) is 0.583. The number of aliphatic hydroxyl groups excluding tert-OH is 2. The highest BCUT2D eigenvalue weighted by molar-refractivity contribution is 5.24. The molecular formula is C12H20N2O2. The summed E-state index contributed by atoms with van der Waals surface area (Å²) in [7, 11) is 1.82. The predicted octanol–water partition coefficient (Wildman–Crippen LogP) is 0.702. The molecule has 3 N–H and O–H groups in total. The minimum atomic E-state index is -0.860. The highest BCUT2D eigenvalue weighted by atomic mass is 16.3. The number of hydrogen-bond donors (Lipinski definition) is 3. The van der Waals surface area contributed by atoms with E-state index in [1.165, 1.54) is 0 Å². The van der Waals surface area contributed by atoms with Gasteiger partial charge in [-0.15, -0.1) is 0 Å². The van der Waals surface area contributed by atoms with Crippen molar-refractivity contribution in [3.63, 3.8) is 0 Å². The van der Waals surface area contributed by atoms with Crippen LogP contribution in [0.3, 0.4) is 0 Å². The van der Waals surface area contributed by atoms with Crippen molar-refractivity contribution in [2.75, 3.05) is 13.6 Å². The molecule has 2 unspecified atom stereocenters. The quantitative estimate of drug-likeness (QED) is 0.689. The largest absolute Gasteiger partial charge is 0.390 e. The molecule has 0 bridgehead atoms. The van der Waals surface area contributed by atoms with E-state index in [1.807, 2.05) is 33.0 Å². The van der Waals surface area contributed by atoms with Crippen molar-refractivity contribution in [2.24, 2.45) is 0 Å². The molecule has 0 spiro atoms. The van der Waals surface area contributed by atoms with Gasteiger partial charge in [-0.2, -0.15) is 0 Å². The van der Waals surface area contributed by atoms with Gasteiger partial charge in [0.15, 0.2) is 0 Å². The molecule has 0 amide bonds. The van der Waals surface area contributed by atoms with E-state index >= 15 is 0 Å². The second-order valence-corrected chi connectivity index (χ2v) is 4.03. The first kappa shape index (κ1) is 13.1. The molecule has 1 rings (SSSR count). The summed E-state index contributed by atoms with van der Waals surface area (Å²) >= 11 is 0. The number of nitrogens with zero attached hydrogens (tertiary/aromatic N) is 1. The average Bonchev–Trinajstić information content (AvgIpc) is 2.25. The third-order valence-corrected chi connectivity index (χ3v) is 2.64. The van der Waals surface area contributed by atoms with Crippen molar-refractivity contribution in [3.05, 3.63) is 29.1 Å². The highest BCUT2D eigenvalue weighted by Crippen LogP contribution is 2.21. The normalized spacial score (nSPS) is 14.8. The Kier molecular flexibility index (Phi) is 4.86. The SMILES string of the molecule is CNCCC(O)C(O)c1ccc(C)nc1C. The lowest BCUT2D eigenvalue weighted by Gasteiger charge is -2.19. The van der Waals surface area contributed by atoms with E-state index in [1.54, 1.807) is 0 Å². The second-order valence-electron chi connectivity index (χ2n) is 4.03. The molecule has 1 heterocycles. The van der Waals surface area contributed by atoms with Gasteiger partial charge in [-0.05, 0) is 39.9 Å². The molecule has 2 atom stereocenters. The van der Waals surface area contributed by atoms with Crippen LogP contribution >= 0.6 is 0 Å². The maximum absolute atomic E-state index is 9.97. The lowest BCUT2D eigenvalue weighted by molar-refractivity contribution is 0.0134. The van der Waals surface area contributed by atoms with Gasteiger partial charge < -0.3 is 15.5 Å². The molecule has 0 aromatic carbocycles. The van der Waals surface area contributed by atoms with E-state index in [4.69, 9.17) is 0 Å². The van der Waals surface area contributed by atoms with Crippen molar-refractivity contribution in [3.8, 4) is 0 Å². The molecule has 4 heteroatoms. The molecule has 16 heavy (non-hydrogen) atoms. The number of pyridine rings is 1. The Hall–Kier alpha value is -0.970. The third-order valence-electron chi connectivity index (χ3n) is 2.64. The van der Waals surface area contributed by atoms with Gasteiger partial charge in [0.2, 0.25) is 0 Å².